The number of likely N-dealkylation sites (N-methyl/N-ethyl adjacent to an activating group) is 1. The lowest BCUT2D eigenvalue weighted by atomic mass is 9.79. The quantitative estimate of drug-likeness (QED) is 0.0480. The fraction of sp³-hybridized carbons (Fsp3) is 0.216. The Bertz CT molecular complexity index is 2190. The van der Waals surface area contributed by atoms with Crippen LogP contribution in [0.2, 0.25) is 0 Å². The largest absolute Gasteiger partial charge is 0.347 e. The minimum atomic E-state index is -4.28. The molecule has 0 amide bonds. The summed E-state index contributed by atoms with van der Waals surface area (Å²) in [4.78, 5) is 2.96. The van der Waals surface area contributed by atoms with Gasteiger partial charge in [-0.3, -0.25) is 4.55 Å². The van der Waals surface area contributed by atoms with Gasteiger partial charge in [0.2, 0.25) is 5.69 Å². The molecule has 0 saturated carbocycles. The molecule has 4 aromatic rings. The molecule has 10 heteroatoms. The van der Waals surface area contributed by atoms with Gasteiger partial charge in [0.15, 0.2) is 5.71 Å². The zero-order valence-electron chi connectivity index (χ0n) is 27.1. The highest BCUT2D eigenvalue weighted by Gasteiger charge is 2.44. The maximum absolute atomic E-state index is 11.7. The number of nitrogens with zero attached hydrogens (tertiary/aromatic N) is 2. The van der Waals surface area contributed by atoms with E-state index in [0.29, 0.717) is 0 Å². The van der Waals surface area contributed by atoms with Crippen molar-refractivity contribution in [3.8, 4) is 0 Å². The number of hydrogen-bond acceptors (Lipinski definition) is 7. The third-order valence-corrected chi connectivity index (χ3v) is 10.8. The zero-order valence-corrected chi connectivity index (χ0v) is 28.7. The molecule has 2 heterocycles. The zero-order chi connectivity index (χ0) is 33.7. The van der Waals surface area contributed by atoms with Gasteiger partial charge in [0.25, 0.3) is 10.1 Å². The number of anilines is 1. The SMILES string of the molecule is CN1C(=CC=CC=CC=CC2=[N+](C)c3ccc4cc(S(=O)(=O)O)ccc4c3C2(C)C)C(C)(C)c2c1ccc1cc(SOOO)ccc21. The maximum Gasteiger partial charge on any atom is 0.294 e. The molecule has 2 aliphatic rings. The van der Waals surface area contributed by atoms with Crippen molar-refractivity contribution in [3.05, 3.63) is 120 Å². The van der Waals surface area contributed by atoms with Crippen LogP contribution in [-0.4, -0.2) is 42.6 Å². The van der Waals surface area contributed by atoms with E-state index >= 15 is 0 Å². The molecule has 0 unspecified atom stereocenters. The van der Waals surface area contributed by atoms with Crippen LogP contribution >= 0.6 is 12.0 Å². The van der Waals surface area contributed by atoms with Crippen molar-refractivity contribution in [2.75, 3.05) is 19.0 Å². The molecule has 0 fully saturated rings. The highest BCUT2D eigenvalue weighted by atomic mass is 32.2. The van der Waals surface area contributed by atoms with E-state index in [0.717, 1.165) is 50.1 Å². The topological polar surface area (TPSA) is 99.3 Å². The summed E-state index contributed by atoms with van der Waals surface area (Å²) in [5.41, 5.74) is 6.38. The van der Waals surface area contributed by atoms with Gasteiger partial charge in [0.1, 0.15) is 7.05 Å². The molecule has 6 rings (SSSR count). The van der Waals surface area contributed by atoms with Crippen LogP contribution in [0.25, 0.3) is 21.5 Å². The fourth-order valence-corrected chi connectivity index (χ4v) is 8.14. The molecule has 8 nitrogen and oxygen atoms in total. The van der Waals surface area contributed by atoms with Crippen molar-refractivity contribution in [1.29, 1.82) is 0 Å². The van der Waals surface area contributed by atoms with Crippen LogP contribution in [0.4, 0.5) is 11.4 Å². The molecular weight excluding hydrogens is 633 g/mol. The van der Waals surface area contributed by atoms with Gasteiger partial charge in [-0.2, -0.15) is 13.0 Å². The third-order valence-electron chi connectivity index (χ3n) is 9.33. The summed E-state index contributed by atoms with van der Waals surface area (Å²) >= 11 is 0.952. The van der Waals surface area contributed by atoms with E-state index in [4.69, 9.17) is 5.26 Å². The average molecular weight is 670 g/mol. The molecule has 2 N–H and O–H groups in total. The van der Waals surface area contributed by atoms with Crippen LogP contribution in [0, 0.1) is 0 Å². The van der Waals surface area contributed by atoms with Crippen LogP contribution in [-0.2, 0) is 30.3 Å². The van der Waals surface area contributed by atoms with Crippen molar-refractivity contribution in [3.63, 3.8) is 0 Å². The van der Waals surface area contributed by atoms with Crippen LogP contribution in [0.5, 0.6) is 0 Å². The molecule has 242 valence electrons. The normalized spacial score (nSPS) is 18.2. The van der Waals surface area contributed by atoms with Crippen LogP contribution in [0.15, 0.2) is 119 Å². The van der Waals surface area contributed by atoms with Gasteiger partial charge in [-0.15, -0.1) is 4.33 Å². The number of allylic oxidation sites excluding steroid dienone is 8. The van der Waals surface area contributed by atoms with Crippen molar-refractivity contribution >= 4 is 60.8 Å². The van der Waals surface area contributed by atoms with Gasteiger partial charge >= 0.3 is 0 Å². The molecule has 47 heavy (non-hydrogen) atoms. The fourth-order valence-electron chi connectivity index (χ4n) is 7.21. The Labute approximate surface area is 279 Å². The van der Waals surface area contributed by atoms with Crippen molar-refractivity contribution in [2.24, 2.45) is 0 Å². The first-order valence-corrected chi connectivity index (χ1v) is 17.3. The predicted molar refractivity (Wildman–Crippen MR) is 189 cm³/mol. The van der Waals surface area contributed by atoms with Gasteiger partial charge in [0, 0.05) is 46.4 Å². The van der Waals surface area contributed by atoms with E-state index in [2.05, 4.69) is 90.0 Å². The van der Waals surface area contributed by atoms with Gasteiger partial charge < -0.3 is 4.90 Å². The standard InChI is InChI=1S/C37H36N2O6S2/c1-36(2)32(38(5)30-20-14-24-22-26(46-45-44-40)16-18-28(24)34(30)36)12-10-8-7-9-11-13-33-37(3,4)35-29-19-17-27(47(41,42)43)23-25(29)15-21-31(35)39(33)6/h7-23H,1-6H3,(H-,40,41,42,43)/p+1. The van der Waals surface area contributed by atoms with E-state index in [9.17, 15) is 13.0 Å². The summed E-state index contributed by atoms with van der Waals surface area (Å²) < 4.78 is 39.7. The first-order chi connectivity index (χ1) is 22.3. The van der Waals surface area contributed by atoms with Crippen molar-refractivity contribution in [1.82, 2.24) is 0 Å². The third kappa shape index (κ3) is 5.75. The maximum atomic E-state index is 11.7. The van der Waals surface area contributed by atoms with E-state index in [1.54, 1.807) is 6.07 Å². The summed E-state index contributed by atoms with van der Waals surface area (Å²) in [6, 6.07) is 19.0. The second kappa shape index (κ2) is 12.2. The van der Waals surface area contributed by atoms with Crippen LogP contribution in [0.3, 0.4) is 0 Å². The summed E-state index contributed by atoms with van der Waals surface area (Å²) in [5, 5.41) is 16.2. The minimum absolute atomic E-state index is 0.107. The van der Waals surface area contributed by atoms with E-state index < -0.39 is 10.1 Å². The minimum Gasteiger partial charge on any atom is -0.347 e. The lowest BCUT2D eigenvalue weighted by Crippen LogP contribution is -2.26. The summed E-state index contributed by atoms with van der Waals surface area (Å²) in [6.07, 6.45) is 14.4. The van der Waals surface area contributed by atoms with Gasteiger partial charge in [-0.05, 0) is 83.4 Å². The lowest BCUT2D eigenvalue weighted by molar-refractivity contribution is -0.432. The molecular formula is C37H37N2O6S2+. The number of fused-ring (bicyclic) bond motifs is 6. The molecule has 4 aromatic carbocycles. The molecule has 0 atom stereocenters. The average Bonchev–Trinajstić information content (AvgIpc) is 3.35. The molecule has 2 aliphatic heterocycles. The monoisotopic (exact) mass is 669 g/mol. The van der Waals surface area contributed by atoms with Gasteiger partial charge in [-0.1, -0.05) is 67.5 Å². The first-order valence-electron chi connectivity index (χ1n) is 15.1. The number of benzene rings is 4. The predicted octanol–water partition coefficient (Wildman–Crippen LogP) is 8.65. The summed E-state index contributed by atoms with van der Waals surface area (Å²) in [5.74, 6) is 0. The Balaban J connectivity index is 1.20. The van der Waals surface area contributed by atoms with E-state index in [1.807, 2.05) is 55.6 Å². The van der Waals surface area contributed by atoms with Crippen LogP contribution < -0.4 is 4.90 Å². The van der Waals surface area contributed by atoms with Crippen LogP contribution in [0.1, 0.15) is 38.8 Å². The smallest absolute Gasteiger partial charge is 0.294 e. The van der Waals surface area contributed by atoms with E-state index in [-0.39, 0.29) is 15.7 Å². The number of rotatable bonds is 8. The second-order valence-corrected chi connectivity index (χ2v) is 15.0. The Hall–Kier alpha value is -4.03. The lowest BCUT2D eigenvalue weighted by Gasteiger charge is -2.24. The van der Waals surface area contributed by atoms with Gasteiger partial charge in [0.05, 0.1) is 22.4 Å². The molecule has 0 saturated heterocycles. The molecule has 0 aliphatic carbocycles. The summed E-state index contributed by atoms with van der Waals surface area (Å²) in [6.45, 7) is 8.81. The van der Waals surface area contributed by atoms with E-state index in [1.165, 1.54) is 34.5 Å². The Morgan fingerprint density at radius 3 is 2.23 bits per heavy atom. The highest BCUT2D eigenvalue weighted by Crippen LogP contribution is 2.50. The Kier molecular flexibility index (Phi) is 8.54. The van der Waals surface area contributed by atoms with Crippen molar-refractivity contribution in [2.45, 2.75) is 48.3 Å². The summed E-state index contributed by atoms with van der Waals surface area (Å²) in [7, 11) is -0.138. The Morgan fingerprint density at radius 2 is 1.49 bits per heavy atom. The molecule has 0 radical (unpaired) electrons. The van der Waals surface area contributed by atoms with Gasteiger partial charge in [-0.25, -0.2) is 5.26 Å². The Morgan fingerprint density at radius 1 is 0.830 bits per heavy atom. The molecule has 0 spiro atoms. The molecule has 0 bridgehead atoms. The number of hydrogen-bond donors (Lipinski definition) is 2. The first kappa shape index (κ1) is 32.9. The highest BCUT2D eigenvalue weighted by molar-refractivity contribution is 7.94. The second-order valence-electron chi connectivity index (χ2n) is 12.8. The molecule has 0 aromatic heterocycles. The van der Waals surface area contributed by atoms with Crippen molar-refractivity contribution < 1.29 is 32.2 Å².